The zero-order chi connectivity index (χ0) is 46.6. The Kier molecular flexibility index (Phi) is 10.7. The molecule has 0 atom stereocenters. The predicted molar refractivity (Wildman–Crippen MR) is 266 cm³/mol. The minimum absolute atomic E-state index is 0.00206. The average Bonchev–Trinajstić information content (AvgIpc) is 3.74. The Balaban J connectivity index is 1.42. The van der Waals surface area contributed by atoms with Gasteiger partial charge in [0.05, 0.1) is 33.9 Å². The fourth-order valence-corrected chi connectivity index (χ4v) is 9.24. The van der Waals surface area contributed by atoms with Crippen molar-refractivity contribution in [3.05, 3.63) is 141 Å². The van der Waals surface area contributed by atoms with Gasteiger partial charge in [0.1, 0.15) is 23.0 Å². The summed E-state index contributed by atoms with van der Waals surface area (Å²) in [7, 11) is 0. The van der Waals surface area contributed by atoms with Crippen molar-refractivity contribution in [2.45, 2.75) is 132 Å². The van der Waals surface area contributed by atoms with Crippen LogP contribution in [-0.4, -0.2) is 19.6 Å². The summed E-state index contributed by atoms with van der Waals surface area (Å²) in [5.41, 5.74) is 15.8. The lowest BCUT2D eigenvalue weighted by Crippen LogP contribution is -2.17. The van der Waals surface area contributed by atoms with Crippen molar-refractivity contribution >= 4 is 22.0 Å². The number of para-hydroxylation sites is 1. The number of rotatable bonds is 5. The van der Waals surface area contributed by atoms with E-state index in [4.69, 9.17) is 14.4 Å². The van der Waals surface area contributed by atoms with Crippen LogP contribution in [0.15, 0.2) is 95.5 Å². The molecule has 5 nitrogen and oxygen atoms in total. The number of hydrogen-bond acceptors (Lipinski definition) is 4. The maximum Gasteiger partial charge on any atom is 0.164 e. The summed E-state index contributed by atoms with van der Waals surface area (Å²) in [5.74, 6) is 1.13. The molecule has 0 saturated carbocycles. The van der Waals surface area contributed by atoms with Crippen LogP contribution in [0.25, 0.3) is 72.8 Å². The molecule has 0 aliphatic heterocycles. The van der Waals surface area contributed by atoms with Gasteiger partial charge < -0.3 is 9.52 Å². The third-order valence-corrected chi connectivity index (χ3v) is 12.9. The van der Waals surface area contributed by atoms with Crippen LogP contribution in [0.3, 0.4) is 0 Å². The summed E-state index contributed by atoms with van der Waals surface area (Å²) in [6, 6.07) is 30.0. The first kappa shape index (κ1) is 44.6. The number of hydrogen-bond donors (Lipinski definition) is 1. The number of nitrogens with zero attached hydrogens (tertiary/aromatic N) is 3. The molecule has 0 radical (unpaired) electrons. The third-order valence-electron chi connectivity index (χ3n) is 12.9. The zero-order valence-electron chi connectivity index (χ0n) is 40.7. The van der Waals surface area contributed by atoms with E-state index in [2.05, 4.69) is 193 Å². The maximum atomic E-state index is 15.9. The van der Waals surface area contributed by atoms with Gasteiger partial charge in [0.2, 0.25) is 0 Å². The van der Waals surface area contributed by atoms with Gasteiger partial charge >= 0.3 is 0 Å². The third kappa shape index (κ3) is 7.84. The second-order valence-electron chi connectivity index (χ2n) is 22.2. The summed E-state index contributed by atoms with van der Waals surface area (Å²) in [4.78, 5) is 10.4. The Morgan fingerprint density at radius 2 is 1.20 bits per heavy atom. The molecule has 3 aromatic heterocycles. The van der Waals surface area contributed by atoms with Crippen molar-refractivity contribution < 1.29 is 13.9 Å². The van der Waals surface area contributed by atoms with Crippen LogP contribution < -0.4 is 0 Å². The first-order chi connectivity index (χ1) is 29.7. The summed E-state index contributed by atoms with van der Waals surface area (Å²) in [6.07, 6.45) is 1.32. The summed E-state index contributed by atoms with van der Waals surface area (Å²) in [6.45, 7) is 34.6. The number of pyridine rings is 1. The van der Waals surface area contributed by atoms with Gasteiger partial charge in [-0.2, -0.15) is 0 Å². The molecule has 0 aliphatic carbocycles. The molecule has 0 fully saturated rings. The van der Waals surface area contributed by atoms with Crippen LogP contribution in [0.1, 0.15) is 128 Å². The number of benzene rings is 5. The number of furan rings is 1. The first-order valence-corrected chi connectivity index (χ1v) is 22.6. The molecule has 5 aromatic carbocycles. The zero-order valence-corrected chi connectivity index (χ0v) is 40.7. The lowest BCUT2D eigenvalue weighted by atomic mass is 9.79. The fraction of sp³-hybridized carbons (Fsp3) is 0.345. The second kappa shape index (κ2) is 15.3. The quantitative estimate of drug-likeness (QED) is 0.187. The Hall–Kier alpha value is -6.01. The van der Waals surface area contributed by atoms with Gasteiger partial charge in [0.15, 0.2) is 11.4 Å². The molecule has 8 rings (SSSR count). The molecular weight excluding hydrogens is 790 g/mol. The smallest absolute Gasteiger partial charge is 0.164 e. The number of aromatic nitrogens is 3. The highest BCUT2D eigenvalue weighted by Gasteiger charge is 2.30. The lowest BCUT2D eigenvalue weighted by Gasteiger charge is -2.27. The van der Waals surface area contributed by atoms with Gasteiger partial charge in [0.25, 0.3) is 0 Å². The molecule has 3 heterocycles. The fourth-order valence-electron chi connectivity index (χ4n) is 9.24. The predicted octanol–water partition coefficient (Wildman–Crippen LogP) is 16.1. The van der Waals surface area contributed by atoms with Crippen molar-refractivity contribution in [2.75, 3.05) is 0 Å². The van der Waals surface area contributed by atoms with E-state index in [9.17, 15) is 5.11 Å². The molecule has 330 valence electrons. The maximum absolute atomic E-state index is 15.9. The van der Waals surface area contributed by atoms with Crippen LogP contribution in [0.5, 0.6) is 5.75 Å². The molecule has 1 N–H and O–H groups in total. The number of phenolic OH excluding ortho intramolecular Hbond substituents is 1. The highest BCUT2D eigenvalue weighted by atomic mass is 19.1. The van der Waals surface area contributed by atoms with Gasteiger partial charge in [-0.25, -0.2) is 14.4 Å². The van der Waals surface area contributed by atoms with Crippen molar-refractivity contribution in [1.29, 1.82) is 0 Å². The van der Waals surface area contributed by atoms with Crippen LogP contribution in [-0.2, 0) is 21.7 Å². The molecule has 0 saturated heterocycles. The van der Waals surface area contributed by atoms with E-state index in [0.717, 1.165) is 72.4 Å². The number of aryl methyl sites for hydroxylation is 4. The normalized spacial score (nSPS) is 12.8. The van der Waals surface area contributed by atoms with Gasteiger partial charge in [-0.05, 0) is 107 Å². The highest BCUT2D eigenvalue weighted by molar-refractivity contribution is 6.00. The summed E-state index contributed by atoms with van der Waals surface area (Å²) >= 11 is 0. The monoisotopic (exact) mass is 853 g/mol. The number of halogens is 1. The van der Waals surface area contributed by atoms with Crippen LogP contribution in [0.4, 0.5) is 4.39 Å². The summed E-state index contributed by atoms with van der Waals surface area (Å²) < 4.78 is 24.9. The Morgan fingerprint density at radius 1 is 0.609 bits per heavy atom. The Morgan fingerprint density at radius 3 is 1.80 bits per heavy atom. The molecule has 0 amide bonds. The number of phenols is 1. The van der Waals surface area contributed by atoms with Crippen LogP contribution in [0, 0.1) is 33.5 Å². The van der Waals surface area contributed by atoms with Gasteiger partial charge in [-0.15, -0.1) is 0 Å². The van der Waals surface area contributed by atoms with E-state index in [-0.39, 0.29) is 27.4 Å². The van der Waals surface area contributed by atoms with Gasteiger partial charge in [0, 0.05) is 27.8 Å². The SMILES string of the molecule is Cc1cc(C)c(-n2c(-c3cc(C(C)(C)C)cc(C(C)(C)C)c3O)nc3c(-c4cc(-c5ncc(F)c6c(C)c(-c7ccc(C(C)(C)C)cc7)oc56)cc(C(C)(C)C)c4)cccc32)c(C)c1. The standard InChI is InChI=1S/C58H64FN3O2/c1-32-24-33(2)50(34(3)25-32)62-46-19-17-18-42(49(46)61-54(62)43-29-41(57(11,12)13)30-44(51(43)63)58(14,15)16)37-26-38(28-40(27-37)56(8,9)10)48-53-47(45(59)31-60-48)35(4)52(64-53)36-20-22-39(23-21-36)55(5,6)7/h17-31,63H,1-16H3. The molecule has 0 aliphatic rings. The summed E-state index contributed by atoms with van der Waals surface area (Å²) in [5, 5.41) is 12.8. The Labute approximate surface area is 379 Å². The van der Waals surface area contributed by atoms with E-state index in [0.29, 0.717) is 33.8 Å². The topological polar surface area (TPSA) is 64.1 Å². The van der Waals surface area contributed by atoms with E-state index < -0.39 is 5.82 Å². The number of imidazole rings is 1. The minimum Gasteiger partial charge on any atom is -0.507 e. The highest BCUT2D eigenvalue weighted by Crippen LogP contribution is 2.46. The van der Waals surface area contributed by atoms with Crippen molar-refractivity contribution in [2.24, 2.45) is 0 Å². The van der Waals surface area contributed by atoms with Crippen molar-refractivity contribution in [3.8, 4) is 56.5 Å². The largest absolute Gasteiger partial charge is 0.507 e. The van der Waals surface area contributed by atoms with E-state index in [1.807, 2.05) is 6.92 Å². The van der Waals surface area contributed by atoms with Gasteiger partial charge in [-0.1, -0.05) is 149 Å². The van der Waals surface area contributed by atoms with E-state index in [1.54, 1.807) is 0 Å². The number of aromatic hydroxyl groups is 1. The van der Waals surface area contributed by atoms with Crippen LogP contribution >= 0.6 is 0 Å². The first-order valence-electron chi connectivity index (χ1n) is 22.6. The van der Waals surface area contributed by atoms with Crippen molar-refractivity contribution in [1.82, 2.24) is 14.5 Å². The number of fused-ring (bicyclic) bond motifs is 2. The molecule has 8 aromatic rings. The lowest BCUT2D eigenvalue weighted by molar-refractivity contribution is 0.446. The molecule has 0 bridgehead atoms. The molecule has 0 unspecified atom stereocenters. The van der Waals surface area contributed by atoms with Crippen LogP contribution in [0.2, 0.25) is 0 Å². The van der Waals surface area contributed by atoms with E-state index in [1.165, 1.54) is 17.3 Å². The molecular formula is C58H64FN3O2. The molecule has 6 heteroatoms. The second-order valence-corrected chi connectivity index (χ2v) is 22.2. The van der Waals surface area contributed by atoms with E-state index >= 15 is 4.39 Å². The molecule has 64 heavy (non-hydrogen) atoms. The van der Waals surface area contributed by atoms with Crippen molar-refractivity contribution in [3.63, 3.8) is 0 Å². The Bertz CT molecular complexity index is 3110. The minimum atomic E-state index is -0.414. The average molecular weight is 854 g/mol. The molecule has 0 spiro atoms. The van der Waals surface area contributed by atoms with Gasteiger partial charge in [-0.3, -0.25) is 4.57 Å².